The summed E-state index contributed by atoms with van der Waals surface area (Å²) in [5.41, 5.74) is 7.50. The molecule has 0 atom stereocenters. The summed E-state index contributed by atoms with van der Waals surface area (Å²) in [6.45, 7) is 2.97. The Hall–Kier alpha value is -1.05. The Balaban J connectivity index is 2.02. The second-order valence-corrected chi connectivity index (χ2v) is 5.64. The Morgan fingerprint density at radius 1 is 1.39 bits per heavy atom. The fourth-order valence-corrected chi connectivity index (χ4v) is 2.96. The van der Waals surface area contributed by atoms with E-state index in [1.807, 2.05) is 18.2 Å². The highest BCUT2D eigenvalue weighted by molar-refractivity contribution is 9.10. The number of piperidine rings is 1. The Kier molecular flexibility index (Phi) is 4.62. The van der Waals surface area contributed by atoms with E-state index in [9.17, 15) is 0 Å². The van der Waals surface area contributed by atoms with Gasteiger partial charge in [0.1, 0.15) is 6.07 Å². The van der Waals surface area contributed by atoms with Crippen LogP contribution >= 0.6 is 15.9 Å². The highest BCUT2D eigenvalue weighted by Gasteiger charge is 2.19. The van der Waals surface area contributed by atoms with Crippen LogP contribution in [0, 0.1) is 17.2 Å². The minimum atomic E-state index is 0.691. The molecule has 0 unspecified atom stereocenters. The quantitative estimate of drug-likeness (QED) is 0.934. The second-order valence-electron chi connectivity index (χ2n) is 4.78. The van der Waals surface area contributed by atoms with Crippen LogP contribution in [-0.2, 0) is 0 Å². The average molecular weight is 308 g/mol. The molecule has 0 amide bonds. The maximum absolute atomic E-state index is 8.91. The lowest BCUT2D eigenvalue weighted by atomic mass is 9.93. The van der Waals surface area contributed by atoms with E-state index in [2.05, 4.69) is 26.9 Å². The molecule has 1 saturated heterocycles. The van der Waals surface area contributed by atoms with Crippen molar-refractivity contribution in [2.45, 2.75) is 19.3 Å². The summed E-state index contributed by atoms with van der Waals surface area (Å²) < 4.78 is 0.881. The molecule has 4 heteroatoms. The summed E-state index contributed by atoms with van der Waals surface area (Å²) in [6, 6.07) is 8.13. The van der Waals surface area contributed by atoms with E-state index in [0.717, 1.165) is 36.4 Å². The van der Waals surface area contributed by atoms with Crippen molar-refractivity contribution in [2.75, 3.05) is 24.5 Å². The van der Waals surface area contributed by atoms with E-state index < -0.39 is 0 Å². The van der Waals surface area contributed by atoms with Crippen molar-refractivity contribution < 1.29 is 0 Å². The molecule has 1 aliphatic heterocycles. The van der Waals surface area contributed by atoms with Crippen molar-refractivity contribution in [1.29, 1.82) is 5.26 Å². The zero-order valence-electron chi connectivity index (χ0n) is 10.4. The minimum absolute atomic E-state index is 0.691. The van der Waals surface area contributed by atoms with Gasteiger partial charge in [-0.1, -0.05) is 0 Å². The van der Waals surface area contributed by atoms with Crippen LogP contribution < -0.4 is 10.6 Å². The topological polar surface area (TPSA) is 53.0 Å². The fourth-order valence-electron chi connectivity index (χ4n) is 2.51. The lowest BCUT2D eigenvalue weighted by Gasteiger charge is -2.33. The van der Waals surface area contributed by atoms with E-state index in [0.29, 0.717) is 5.56 Å². The molecule has 2 rings (SSSR count). The summed E-state index contributed by atoms with van der Waals surface area (Å²) in [6.07, 6.45) is 3.58. The van der Waals surface area contributed by atoms with E-state index in [-0.39, 0.29) is 0 Å². The molecule has 0 aliphatic carbocycles. The third-order valence-corrected chi connectivity index (χ3v) is 4.28. The van der Waals surface area contributed by atoms with E-state index in [1.54, 1.807) is 0 Å². The molecule has 1 aliphatic rings. The third-order valence-electron chi connectivity index (χ3n) is 3.63. The van der Waals surface area contributed by atoms with Crippen LogP contribution in [0.3, 0.4) is 0 Å². The Morgan fingerprint density at radius 3 is 2.67 bits per heavy atom. The Morgan fingerprint density at radius 2 is 2.11 bits per heavy atom. The lowest BCUT2D eigenvalue weighted by molar-refractivity contribution is 0.386. The second kappa shape index (κ2) is 6.21. The Labute approximate surface area is 117 Å². The molecule has 3 nitrogen and oxygen atoms in total. The van der Waals surface area contributed by atoms with Gasteiger partial charge in [0.25, 0.3) is 0 Å². The van der Waals surface area contributed by atoms with Crippen LogP contribution in [0.5, 0.6) is 0 Å². The van der Waals surface area contributed by atoms with Gasteiger partial charge in [0.2, 0.25) is 0 Å². The first-order valence-corrected chi connectivity index (χ1v) is 7.18. The number of halogens is 1. The number of rotatable bonds is 3. The average Bonchev–Trinajstić information content (AvgIpc) is 2.40. The molecule has 0 saturated carbocycles. The van der Waals surface area contributed by atoms with Crippen molar-refractivity contribution in [1.82, 2.24) is 0 Å². The summed E-state index contributed by atoms with van der Waals surface area (Å²) >= 11 is 3.44. The molecule has 2 N–H and O–H groups in total. The van der Waals surface area contributed by atoms with Gasteiger partial charge < -0.3 is 10.6 Å². The number of nitrogens with two attached hydrogens (primary N) is 1. The molecule has 0 aromatic heterocycles. The summed E-state index contributed by atoms with van der Waals surface area (Å²) in [7, 11) is 0. The zero-order chi connectivity index (χ0) is 13.0. The highest BCUT2D eigenvalue weighted by Crippen LogP contribution is 2.28. The third kappa shape index (κ3) is 3.04. The van der Waals surface area contributed by atoms with Crippen LogP contribution in [0.25, 0.3) is 0 Å². The first-order valence-electron chi connectivity index (χ1n) is 6.39. The molecule has 1 fully saturated rings. The van der Waals surface area contributed by atoms with E-state index >= 15 is 0 Å². The van der Waals surface area contributed by atoms with E-state index in [4.69, 9.17) is 11.0 Å². The van der Waals surface area contributed by atoms with Gasteiger partial charge in [0.15, 0.2) is 0 Å². The van der Waals surface area contributed by atoms with Crippen molar-refractivity contribution in [3.05, 3.63) is 28.2 Å². The maximum atomic E-state index is 8.91. The molecule has 0 bridgehead atoms. The number of anilines is 1. The molecule has 18 heavy (non-hydrogen) atoms. The summed E-state index contributed by atoms with van der Waals surface area (Å²) in [5, 5.41) is 8.91. The minimum Gasteiger partial charge on any atom is -0.371 e. The highest BCUT2D eigenvalue weighted by atomic mass is 79.9. The first-order chi connectivity index (χ1) is 8.74. The van der Waals surface area contributed by atoms with Crippen LogP contribution in [0.2, 0.25) is 0 Å². The van der Waals surface area contributed by atoms with Crippen LogP contribution in [-0.4, -0.2) is 19.6 Å². The molecule has 96 valence electrons. The molecule has 0 spiro atoms. The molecular weight excluding hydrogens is 290 g/mol. The van der Waals surface area contributed by atoms with E-state index in [1.165, 1.54) is 18.5 Å². The predicted molar refractivity (Wildman–Crippen MR) is 77.5 cm³/mol. The monoisotopic (exact) mass is 307 g/mol. The van der Waals surface area contributed by atoms with Crippen molar-refractivity contribution in [3.63, 3.8) is 0 Å². The number of nitrogens with zero attached hydrogens (tertiary/aromatic N) is 2. The van der Waals surface area contributed by atoms with Crippen LogP contribution in [0.4, 0.5) is 5.69 Å². The molecule has 1 aromatic rings. The van der Waals surface area contributed by atoms with Gasteiger partial charge in [-0.2, -0.15) is 5.26 Å². The molecule has 1 heterocycles. The number of hydrogen-bond donors (Lipinski definition) is 1. The van der Waals surface area contributed by atoms with Gasteiger partial charge in [0, 0.05) is 23.2 Å². The van der Waals surface area contributed by atoms with Gasteiger partial charge in [-0.05, 0) is 65.9 Å². The number of hydrogen-bond acceptors (Lipinski definition) is 3. The SMILES string of the molecule is N#Cc1ccc(N2CCC(CCN)CC2)cc1Br. The largest absolute Gasteiger partial charge is 0.371 e. The van der Waals surface area contributed by atoms with Crippen molar-refractivity contribution in [2.24, 2.45) is 11.7 Å². The van der Waals surface area contributed by atoms with Crippen molar-refractivity contribution >= 4 is 21.6 Å². The van der Waals surface area contributed by atoms with Crippen molar-refractivity contribution in [3.8, 4) is 6.07 Å². The lowest BCUT2D eigenvalue weighted by Crippen LogP contribution is -2.34. The first kappa shape index (κ1) is 13.4. The Bertz CT molecular complexity index is 445. The molecular formula is C14H18BrN3. The van der Waals surface area contributed by atoms with Crippen LogP contribution in [0.1, 0.15) is 24.8 Å². The predicted octanol–water partition coefficient (Wildman–Crippen LogP) is 2.89. The van der Waals surface area contributed by atoms with Gasteiger partial charge in [-0.15, -0.1) is 0 Å². The summed E-state index contributed by atoms with van der Waals surface area (Å²) in [5.74, 6) is 0.785. The normalized spacial score (nSPS) is 16.6. The molecule has 0 radical (unpaired) electrons. The van der Waals surface area contributed by atoms with Crippen LogP contribution in [0.15, 0.2) is 22.7 Å². The number of benzene rings is 1. The van der Waals surface area contributed by atoms with Gasteiger partial charge >= 0.3 is 0 Å². The zero-order valence-corrected chi connectivity index (χ0v) is 12.0. The van der Waals surface area contributed by atoms with Gasteiger partial charge in [-0.3, -0.25) is 0 Å². The smallest absolute Gasteiger partial charge is 0.100 e. The van der Waals surface area contributed by atoms with Gasteiger partial charge in [0.05, 0.1) is 5.56 Å². The van der Waals surface area contributed by atoms with Gasteiger partial charge in [-0.25, -0.2) is 0 Å². The number of nitriles is 1. The summed E-state index contributed by atoms with van der Waals surface area (Å²) in [4.78, 5) is 2.39. The maximum Gasteiger partial charge on any atom is 0.100 e. The fraction of sp³-hybridized carbons (Fsp3) is 0.500. The molecule has 1 aromatic carbocycles. The standard InChI is InChI=1S/C14H18BrN3/c15-14-9-13(2-1-12(14)10-17)18-7-4-11(3-6-16)5-8-18/h1-2,9,11H,3-8,16H2.